The zero-order valence-electron chi connectivity index (χ0n) is 14.9. The fourth-order valence-electron chi connectivity index (χ4n) is 3.25. The lowest BCUT2D eigenvalue weighted by atomic mass is 9.94. The van der Waals surface area contributed by atoms with Gasteiger partial charge in [0, 0.05) is 33.2 Å². The van der Waals surface area contributed by atoms with E-state index in [1.54, 1.807) is 7.05 Å². The van der Waals surface area contributed by atoms with Gasteiger partial charge in [0.1, 0.15) is 0 Å². The molecule has 136 valence electrons. The molecule has 6 nitrogen and oxygen atoms in total. The van der Waals surface area contributed by atoms with Crippen molar-refractivity contribution in [2.75, 3.05) is 40.8 Å². The maximum atomic E-state index is 12.8. The van der Waals surface area contributed by atoms with Crippen molar-refractivity contribution in [2.24, 2.45) is 0 Å². The summed E-state index contributed by atoms with van der Waals surface area (Å²) in [4.78, 5) is 1.95. The number of likely N-dealkylation sites (N-methyl/N-ethyl adjacent to an activating group) is 1. The van der Waals surface area contributed by atoms with Crippen molar-refractivity contribution in [1.29, 1.82) is 0 Å². The van der Waals surface area contributed by atoms with E-state index in [-0.39, 0.29) is 0 Å². The summed E-state index contributed by atoms with van der Waals surface area (Å²) in [6.45, 7) is 1.71. The van der Waals surface area contributed by atoms with Gasteiger partial charge in [0.15, 0.2) is 0 Å². The molecule has 1 fully saturated rings. The van der Waals surface area contributed by atoms with Crippen molar-refractivity contribution in [1.82, 2.24) is 13.5 Å². The van der Waals surface area contributed by atoms with Gasteiger partial charge in [-0.1, -0.05) is 30.3 Å². The summed E-state index contributed by atoms with van der Waals surface area (Å²) in [7, 11) is 1.93. The minimum Gasteiger partial charge on any atom is -0.389 e. The Balaban J connectivity index is 2.04. The molecule has 1 aliphatic heterocycles. The second kappa shape index (κ2) is 7.93. The minimum atomic E-state index is -3.52. The van der Waals surface area contributed by atoms with Gasteiger partial charge in [-0.3, -0.25) is 0 Å². The van der Waals surface area contributed by atoms with Crippen LogP contribution in [0.25, 0.3) is 0 Å². The van der Waals surface area contributed by atoms with Crippen LogP contribution in [0.2, 0.25) is 0 Å². The number of rotatable bonds is 6. The van der Waals surface area contributed by atoms with Crippen LogP contribution >= 0.6 is 0 Å². The van der Waals surface area contributed by atoms with Gasteiger partial charge >= 0.3 is 0 Å². The molecule has 0 amide bonds. The first kappa shape index (κ1) is 19.3. The molecule has 1 heterocycles. The predicted octanol–water partition coefficient (Wildman–Crippen LogP) is 1.14. The van der Waals surface area contributed by atoms with Crippen LogP contribution in [-0.2, 0) is 16.8 Å². The SMILES string of the molecule is CN(C)C[C@]1(O)CCCN(S(=O)(=O)N(C)Cc2ccccc2)CC1. The molecule has 1 aliphatic rings. The van der Waals surface area contributed by atoms with E-state index in [4.69, 9.17) is 0 Å². The molecule has 1 N–H and O–H groups in total. The molecule has 7 heteroatoms. The van der Waals surface area contributed by atoms with Crippen LogP contribution in [0.3, 0.4) is 0 Å². The van der Waals surface area contributed by atoms with E-state index >= 15 is 0 Å². The average Bonchev–Trinajstić information content (AvgIpc) is 2.69. The van der Waals surface area contributed by atoms with Gasteiger partial charge in [-0.2, -0.15) is 17.0 Å². The monoisotopic (exact) mass is 355 g/mol. The number of aliphatic hydroxyl groups is 1. The molecule has 1 atom stereocenters. The van der Waals surface area contributed by atoms with Crippen LogP contribution in [-0.4, -0.2) is 73.4 Å². The second-order valence-electron chi connectivity index (χ2n) is 6.96. The maximum absolute atomic E-state index is 12.8. The zero-order chi connectivity index (χ0) is 17.8. The van der Waals surface area contributed by atoms with Crippen molar-refractivity contribution in [3.05, 3.63) is 35.9 Å². The predicted molar refractivity (Wildman–Crippen MR) is 95.8 cm³/mol. The Kier molecular flexibility index (Phi) is 6.39. The zero-order valence-corrected chi connectivity index (χ0v) is 15.7. The highest BCUT2D eigenvalue weighted by molar-refractivity contribution is 7.86. The van der Waals surface area contributed by atoms with E-state index in [1.807, 2.05) is 49.3 Å². The molecule has 2 rings (SSSR count). The van der Waals surface area contributed by atoms with E-state index in [0.717, 1.165) is 5.56 Å². The first-order chi connectivity index (χ1) is 11.2. The summed E-state index contributed by atoms with van der Waals surface area (Å²) >= 11 is 0. The van der Waals surface area contributed by atoms with Crippen LogP contribution in [0.1, 0.15) is 24.8 Å². The van der Waals surface area contributed by atoms with Gasteiger partial charge in [-0.05, 0) is 38.9 Å². The summed E-state index contributed by atoms with van der Waals surface area (Å²) in [5, 5.41) is 10.7. The third-order valence-corrected chi connectivity index (χ3v) is 6.39. The van der Waals surface area contributed by atoms with Gasteiger partial charge in [0.05, 0.1) is 5.60 Å². The number of hydrogen-bond donors (Lipinski definition) is 1. The normalized spacial score (nSPS) is 23.6. The molecule has 0 radical (unpaired) electrons. The van der Waals surface area contributed by atoms with Crippen LogP contribution in [0, 0.1) is 0 Å². The van der Waals surface area contributed by atoms with Crippen LogP contribution in [0.15, 0.2) is 30.3 Å². The third kappa shape index (κ3) is 5.00. The van der Waals surface area contributed by atoms with Crippen LogP contribution in [0.4, 0.5) is 0 Å². The molecule has 24 heavy (non-hydrogen) atoms. The smallest absolute Gasteiger partial charge is 0.282 e. The highest BCUT2D eigenvalue weighted by atomic mass is 32.2. The first-order valence-corrected chi connectivity index (χ1v) is 9.75. The van der Waals surface area contributed by atoms with Crippen LogP contribution < -0.4 is 0 Å². The molecule has 1 aromatic rings. The molecule has 0 aliphatic carbocycles. The Morgan fingerprint density at radius 3 is 2.42 bits per heavy atom. The van der Waals surface area contributed by atoms with E-state index in [9.17, 15) is 13.5 Å². The largest absolute Gasteiger partial charge is 0.389 e. The van der Waals surface area contributed by atoms with Crippen LogP contribution in [0.5, 0.6) is 0 Å². The lowest BCUT2D eigenvalue weighted by Crippen LogP contribution is -2.44. The van der Waals surface area contributed by atoms with Crippen molar-refractivity contribution < 1.29 is 13.5 Å². The van der Waals surface area contributed by atoms with Gasteiger partial charge in [0.25, 0.3) is 10.2 Å². The summed E-state index contributed by atoms with van der Waals surface area (Å²) < 4.78 is 28.6. The fraction of sp³-hybridized carbons (Fsp3) is 0.647. The average molecular weight is 356 g/mol. The maximum Gasteiger partial charge on any atom is 0.282 e. The highest BCUT2D eigenvalue weighted by Crippen LogP contribution is 2.25. The molecule has 0 aromatic heterocycles. The van der Waals surface area contributed by atoms with Crippen molar-refractivity contribution in [3.63, 3.8) is 0 Å². The third-order valence-electron chi connectivity index (χ3n) is 4.45. The van der Waals surface area contributed by atoms with E-state index in [2.05, 4.69) is 0 Å². The molecule has 0 bridgehead atoms. The standard InChI is InChI=1S/C17H29N3O3S/c1-18(2)15-17(21)10-7-12-20(13-11-17)24(22,23)19(3)14-16-8-5-4-6-9-16/h4-6,8-9,21H,7,10-15H2,1-3H3/t17-/m0/s1. The molecule has 1 aromatic carbocycles. The topological polar surface area (TPSA) is 64.1 Å². The summed E-state index contributed by atoms with van der Waals surface area (Å²) in [5.74, 6) is 0. The number of nitrogens with zero attached hydrogens (tertiary/aromatic N) is 3. The minimum absolute atomic E-state index is 0.349. The Bertz CT molecular complexity index is 621. The van der Waals surface area contributed by atoms with E-state index in [0.29, 0.717) is 45.4 Å². The summed E-state index contributed by atoms with van der Waals surface area (Å²) in [6.07, 6.45) is 1.76. The summed E-state index contributed by atoms with van der Waals surface area (Å²) in [5.41, 5.74) is 0.147. The van der Waals surface area contributed by atoms with E-state index in [1.165, 1.54) is 8.61 Å². The van der Waals surface area contributed by atoms with Gasteiger partial charge < -0.3 is 10.0 Å². The molecule has 1 saturated heterocycles. The Hall–Kier alpha value is -0.990. The lowest BCUT2D eigenvalue weighted by molar-refractivity contribution is 0.00399. The first-order valence-electron chi connectivity index (χ1n) is 8.35. The molecule has 0 saturated carbocycles. The molecule has 0 unspecified atom stereocenters. The lowest BCUT2D eigenvalue weighted by Gasteiger charge is -2.30. The van der Waals surface area contributed by atoms with Gasteiger partial charge in [-0.25, -0.2) is 0 Å². The van der Waals surface area contributed by atoms with E-state index < -0.39 is 15.8 Å². The second-order valence-corrected chi connectivity index (χ2v) is 9.00. The molecule has 0 spiro atoms. The summed E-state index contributed by atoms with van der Waals surface area (Å²) in [6, 6.07) is 9.57. The Morgan fingerprint density at radius 1 is 1.12 bits per heavy atom. The highest BCUT2D eigenvalue weighted by Gasteiger charge is 2.35. The van der Waals surface area contributed by atoms with Crippen molar-refractivity contribution in [3.8, 4) is 0 Å². The molecular weight excluding hydrogens is 326 g/mol. The quantitative estimate of drug-likeness (QED) is 0.831. The fourth-order valence-corrected chi connectivity index (χ4v) is 4.64. The molecular formula is C17H29N3O3S. The van der Waals surface area contributed by atoms with Gasteiger partial charge in [0.2, 0.25) is 0 Å². The van der Waals surface area contributed by atoms with Crippen molar-refractivity contribution in [2.45, 2.75) is 31.4 Å². The Morgan fingerprint density at radius 2 is 1.79 bits per heavy atom. The number of hydrogen-bond acceptors (Lipinski definition) is 4. The number of benzene rings is 1. The van der Waals surface area contributed by atoms with Crippen molar-refractivity contribution >= 4 is 10.2 Å². The van der Waals surface area contributed by atoms with Gasteiger partial charge in [-0.15, -0.1) is 0 Å². The Labute approximate surface area is 145 Å².